The molecule has 29 heavy (non-hydrogen) atoms. The van der Waals surface area contributed by atoms with Crippen molar-refractivity contribution in [2.75, 3.05) is 7.11 Å². The smallest absolute Gasteiger partial charge is 0.266 e. The van der Waals surface area contributed by atoms with Gasteiger partial charge in [0.2, 0.25) is 0 Å². The number of nitrogens with zero attached hydrogens (tertiary/aromatic N) is 2. The van der Waals surface area contributed by atoms with E-state index in [0.29, 0.717) is 40.5 Å². The molecule has 0 radical (unpaired) electrons. The van der Waals surface area contributed by atoms with Gasteiger partial charge in [-0.15, -0.1) is 0 Å². The molecular formula is C23H19FN2O3. The number of aryl methyl sites for hydroxylation is 1. The van der Waals surface area contributed by atoms with Crippen LogP contribution in [0.2, 0.25) is 0 Å². The molecule has 146 valence electrons. The fourth-order valence-corrected chi connectivity index (χ4v) is 3.21. The van der Waals surface area contributed by atoms with E-state index in [1.807, 2.05) is 30.3 Å². The van der Waals surface area contributed by atoms with E-state index >= 15 is 0 Å². The minimum atomic E-state index is -0.366. The number of aromatic nitrogens is 2. The van der Waals surface area contributed by atoms with Crippen LogP contribution in [0, 0.1) is 12.7 Å². The fourth-order valence-electron chi connectivity index (χ4n) is 3.21. The summed E-state index contributed by atoms with van der Waals surface area (Å²) in [4.78, 5) is 17.7. The number of rotatable bonds is 5. The number of fused-ring (bicyclic) bond motifs is 1. The molecule has 0 aliphatic heterocycles. The van der Waals surface area contributed by atoms with Gasteiger partial charge in [0.15, 0.2) is 11.5 Å². The highest BCUT2D eigenvalue weighted by molar-refractivity contribution is 5.82. The second-order valence-electron chi connectivity index (χ2n) is 6.57. The molecule has 0 saturated carbocycles. The van der Waals surface area contributed by atoms with Crippen LogP contribution in [0.5, 0.6) is 11.5 Å². The number of benzene rings is 3. The lowest BCUT2D eigenvalue weighted by Crippen LogP contribution is -2.22. The standard InChI is InChI=1S/C23H19FN2O3/c1-15-25-20-13-22(29-14-16-6-4-3-5-7-16)21(28-2)12-19(20)23(27)26(15)18-10-8-17(24)9-11-18/h3-13H,14H2,1-2H3. The number of halogens is 1. The Morgan fingerprint density at radius 3 is 2.41 bits per heavy atom. The van der Waals surface area contributed by atoms with Crippen LogP contribution in [-0.4, -0.2) is 16.7 Å². The summed E-state index contributed by atoms with van der Waals surface area (Å²) in [6, 6.07) is 18.8. The van der Waals surface area contributed by atoms with Crippen LogP contribution in [0.25, 0.3) is 16.6 Å². The van der Waals surface area contributed by atoms with E-state index in [1.165, 1.54) is 23.8 Å². The average molecular weight is 390 g/mol. The van der Waals surface area contributed by atoms with Gasteiger partial charge in [0.1, 0.15) is 18.2 Å². The van der Waals surface area contributed by atoms with E-state index in [1.54, 1.807) is 31.2 Å². The van der Waals surface area contributed by atoms with Crippen LogP contribution in [0.15, 0.2) is 71.5 Å². The Kier molecular flexibility index (Phi) is 4.99. The second kappa shape index (κ2) is 7.75. The van der Waals surface area contributed by atoms with Crippen molar-refractivity contribution in [1.29, 1.82) is 0 Å². The van der Waals surface area contributed by atoms with Gasteiger partial charge in [-0.3, -0.25) is 9.36 Å². The maximum atomic E-state index is 13.3. The third-order valence-corrected chi connectivity index (χ3v) is 4.64. The summed E-state index contributed by atoms with van der Waals surface area (Å²) in [6.45, 7) is 2.10. The molecule has 3 aromatic carbocycles. The molecule has 1 heterocycles. The van der Waals surface area contributed by atoms with E-state index in [-0.39, 0.29) is 11.4 Å². The van der Waals surface area contributed by atoms with Crippen molar-refractivity contribution >= 4 is 10.9 Å². The molecule has 0 fully saturated rings. The Hall–Kier alpha value is -3.67. The van der Waals surface area contributed by atoms with Gasteiger partial charge in [-0.2, -0.15) is 0 Å². The van der Waals surface area contributed by atoms with Crippen molar-refractivity contribution in [3.8, 4) is 17.2 Å². The van der Waals surface area contributed by atoms with Gasteiger partial charge >= 0.3 is 0 Å². The van der Waals surface area contributed by atoms with Crippen molar-refractivity contribution in [2.45, 2.75) is 13.5 Å². The number of hydrogen-bond acceptors (Lipinski definition) is 4. The molecule has 1 aromatic heterocycles. The second-order valence-corrected chi connectivity index (χ2v) is 6.57. The molecule has 0 aliphatic rings. The summed E-state index contributed by atoms with van der Waals surface area (Å²) >= 11 is 0. The molecule has 0 aliphatic carbocycles. The van der Waals surface area contributed by atoms with Gasteiger partial charge < -0.3 is 9.47 Å². The SMILES string of the molecule is COc1cc2c(=O)n(-c3ccc(F)cc3)c(C)nc2cc1OCc1ccccc1. The number of ether oxygens (including phenoxy) is 2. The normalized spacial score (nSPS) is 10.9. The lowest BCUT2D eigenvalue weighted by atomic mass is 10.2. The molecular weight excluding hydrogens is 371 g/mol. The Morgan fingerprint density at radius 2 is 1.72 bits per heavy atom. The largest absolute Gasteiger partial charge is 0.493 e. The van der Waals surface area contributed by atoms with Crippen molar-refractivity contribution < 1.29 is 13.9 Å². The predicted octanol–water partition coefficient (Wildman–Crippen LogP) is 4.42. The zero-order chi connectivity index (χ0) is 20.4. The lowest BCUT2D eigenvalue weighted by molar-refractivity contribution is 0.285. The Balaban J connectivity index is 1.79. The highest BCUT2D eigenvalue weighted by atomic mass is 19.1. The van der Waals surface area contributed by atoms with Crippen LogP contribution < -0.4 is 15.0 Å². The van der Waals surface area contributed by atoms with Crippen LogP contribution >= 0.6 is 0 Å². The Bertz CT molecular complexity index is 1220. The van der Waals surface area contributed by atoms with E-state index in [0.717, 1.165) is 5.56 Å². The van der Waals surface area contributed by atoms with Crippen LogP contribution in [0.4, 0.5) is 4.39 Å². The first-order valence-electron chi connectivity index (χ1n) is 9.11. The first-order valence-corrected chi connectivity index (χ1v) is 9.11. The van der Waals surface area contributed by atoms with Crippen molar-refractivity contribution in [3.63, 3.8) is 0 Å². The molecule has 0 amide bonds. The molecule has 4 aromatic rings. The average Bonchev–Trinajstić information content (AvgIpc) is 2.74. The van der Waals surface area contributed by atoms with E-state index in [4.69, 9.17) is 9.47 Å². The van der Waals surface area contributed by atoms with E-state index in [9.17, 15) is 9.18 Å². The summed E-state index contributed by atoms with van der Waals surface area (Å²) in [6.07, 6.45) is 0. The minimum Gasteiger partial charge on any atom is -0.493 e. The quantitative estimate of drug-likeness (QED) is 0.506. The summed E-state index contributed by atoms with van der Waals surface area (Å²) in [5.74, 6) is 1.08. The minimum absolute atomic E-state index is 0.257. The highest BCUT2D eigenvalue weighted by Crippen LogP contribution is 2.31. The zero-order valence-electron chi connectivity index (χ0n) is 16.1. The maximum Gasteiger partial charge on any atom is 0.266 e. The maximum absolute atomic E-state index is 13.3. The molecule has 6 heteroatoms. The summed E-state index contributed by atoms with van der Waals surface area (Å²) < 4.78 is 26.1. The Morgan fingerprint density at radius 1 is 1.00 bits per heavy atom. The van der Waals surface area contributed by atoms with Crippen molar-refractivity contribution in [2.24, 2.45) is 0 Å². The summed E-state index contributed by atoms with van der Waals surface area (Å²) in [5, 5.41) is 0.392. The van der Waals surface area contributed by atoms with E-state index < -0.39 is 0 Å². The monoisotopic (exact) mass is 390 g/mol. The van der Waals surface area contributed by atoms with Gasteiger partial charge in [0.05, 0.1) is 23.7 Å². The van der Waals surface area contributed by atoms with Crippen molar-refractivity contribution in [1.82, 2.24) is 9.55 Å². The van der Waals surface area contributed by atoms with Crippen molar-refractivity contribution in [3.05, 3.63) is 94.3 Å². The molecule has 0 saturated heterocycles. The van der Waals surface area contributed by atoms with Crippen LogP contribution in [0.1, 0.15) is 11.4 Å². The van der Waals surface area contributed by atoms with Crippen LogP contribution in [-0.2, 0) is 6.61 Å². The Labute approximate surface area is 167 Å². The molecule has 0 atom stereocenters. The lowest BCUT2D eigenvalue weighted by Gasteiger charge is -2.14. The molecule has 0 spiro atoms. The highest BCUT2D eigenvalue weighted by Gasteiger charge is 2.15. The molecule has 5 nitrogen and oxygen atoms in total. The number of hydrogen-bond donors (Lipinski definition) is 0. The fraction of sp³-hybridized carbons (Fsp3) is 0.130. The first-order chi connectivity index (χ1) is 14.1. The van der Waals surface area contributed by atoms with Gasteiger partial charge in [0, 0.05) is 6.07 Å². The third kappa shape index (κ3) is 3.69. The van der Waals surface area contributed by atoms with E-state index in [2.05, 4.69) is 4.98 Å². The van der Waals surface area contributed by atoms with Gasteiger partial charge in [-0.05, 0) is 42.8 Å². The van der Waals surface area contributed by atoms with Crippen LogP contribution in [0.3, 0.4) is 0 Å². The topological polar surface area (TPSA) is 53.4 Å². The van der Waals surface area contributed by atoms with Gasteiger partial charge in [-0.25, -0.2) is 9.37 Å². The molecule has 0 unspecified atom stereocenters. The first kappa shape index (κ1) is 18.7. The zero-order valence-corrected chi connectivity index (χ0v) is 16.1. The molecule has 0 bridgehead atoms. The third-order valence-electron chi connectivity index (χ3n) is 4.64. The van der Waals surface area contributed by atoms with Gasteiger partial charge in [0.25, 0.3) is 5.56 Å². The predicted molar refractivity (Wildman–Crippen MR) is 109 cm³/mol. The molecule has 0 N–H and O–H groups in total. The summed E-state index contributed by atoms with van der Waals surface area (Å²) in [5.41, 5.74) is 1.82. The molecule has 4 rings (SSSR count). The van der Waals surface area contributed by atoms with Gasteiger partial charge in [-0.1, -0.05) is 30.3 Å². The summed E-state index contributed by atoms with van der Waals surface area (Å²) in [7, 11) is 1.52. The number of methoxy groups -OCH3 is 1.